The number of carbonyl (C=O) groups is 2. The van der Waals surface area contributed by atoms with Crippen LogP contribution in [0.5, 0.6) is 0 Å². The zero-order valence-corrected chi connectivity index (χ0v) is 15.4. The number of hydrogen-bond acceptors (Lipinski definition) is 3. The number of nitrogens with one attached hydrogen (secondary N) is 2. The van der Waals surface area contributed by atoms with E-state index in [1.54, 1.807) is 6.20 Å². The van der Waals surface area contributed by atoms with Crippen molar-refractivity contribution in [3.8, 4) is 5.82 Å². The maximum Gasteiger partial charge on any atom is 0.253 e. The van der Waals surface area contributed by atoms with Gasteiger partial charge in [-0.15, -0.1) is 0 Å². The summed E-state index contributed by atoms with van der Waals surface area (Å²) in [7, 11) is 0. The number of amides is 2. The molecule has 2 N–H and O–H groups in total. The SMILES string of the molecule is Cc1cc(C(=O)NCCC(=O)NC2CCCC2)c(C)n1-c1ccccn1. The molecule has 26 heavy (non-hydrogen) atoms. The molecule has 0 unspecified atom stereocenters. The van der Waals surface area contributed by atoms with Crippen molar-refractivity contribution in [2.75, 3.05) is 6.54 Å². The average molecular weight is 354 g/mol. The van der Waals surface area contributed by atoms with E-state index in [0.717, 1.165) is 30.0 Å². The van der Waals surface area contributed by atoms with Gasteiger partial charge < -0.3 is 15.2 Å². The molecular formula is C20H26N4O2. The second-order valence-corrected chi connectivity index (χ2v) is 6.86. The zero-order chi connectivity index (χ0) is 18.5. The van der Waals surface area contributed by atoms with E-state index >= 15 is 0 Å². The van der Waals surface area contributed by atoms with Crippen LogP contribution in [0.1, 0.15) is 53.8 Å². The normalized spacial score (nSPS) is 14.4. The summed E-state index contributed by atoms with van der Waals surface area (Å²) in [5, 5.41) is 5.89. The lowest BCUT2D eigenvalue weighted by molar-refractivity contribution is -0.121. The monoisotopic (exact) mass is 354 g/mol. The van der Waals surface area contributed by atoms with Crippen molar-refractivity contribution < 1.29 is 9.59 Å². The van der Waals surface area contributed by atoms with E-state index in [0.29, 0.717) is 24.6 Å². The van der Waals surface area contributed by atoms with Gasteiger partial charge in [-0.3, -0.25) is 9.59 Å². The Kier molecular flexibility index (Phi) is 5.71. The first-order valence-electron chi connectivity index (χ1n) is 9.24. The number of aryl methyl sites for hydroxylation is 1. The molecule has 1 saturated carbocycles. The molecule has 1 aliphatic carbocycles. The third kappa shape index (κ3) is 4.12. The maximum absolute atomic E-state index is 12.5. The molecule has 0 aromatic carbocycles. The zero-order valence-electron chi connectivity index (χ0n) is 15.4. The van der Waals surface area contributed by atoms with E-state index in [-0.39, 0.29) is 11.8 Å². The Morgan fingerprint density at radius 3 is 2.69 bits per heavy atom. The van der Waals surface area contributed by atoms with Crippen LogP contribution in [0.4, 0.5) is 0 Å². The van der Waals surface area contributed by atoms with Gasteiger partial charge in [0.05, 0.1) is 5.56 Å². The Balaban J connectivity index is 1.57. The molecule has 2 aromatic rings. The van der Waals surface area contributed by atoms with Gasteiger partial charge in [-0.1, -0.05) is 18.9 Å². The molecule has 0 aliphatic heterocycles. The van der Waals surface area contributed by atoms with Crippen molar-refractivity contribution in [2.24, 2.45) is 0 Å². The maximum atomic E-state index is 12.5. The van der Waals surface area contributed by atoms with Crippen LogP contribution in [0.25, 0.3) is 5.82 Å². The number of hydrogen-bond donors (Lipinski definition) is 2. The molecule has 0 atom stereocenters. The topological polar surface area (TPSA) is 76.0 Å². The van der Waals surface area contributed by atoms with E-state index in [2.05, 4.69) is 15.6 Å². The van der Waals surface area contributed by atoms with Crippen LogP contribution in [-0.4, -0.2) is 34.0 Å². The molecule has 6 nitrogen and oxygen atoms in total. The van der Waals surface area contributed by atoms with Crippen LogP contribution in [0.15, 0.2) is 30.5 Å². The van der Waals surface area contributed by atoms with Crippen LogP contribution in [0.3, 0.4) is 0 Å². The summed E-state index contributed by atoms with van der Waals surface area (Å²) in [5.74, 6) is 0.641. The minimum Gasteiger partial charge on any atom is -0.353 e. The molecule has 0 saturated heterocycles. The lowest BCUT2D eigenvalue weighted by Crippen LogP contribution is -2.35. The van der Waals surface area contributed by atoms with E-state index in [1.165, 1.54) is 12.8 Å². The van der Waals surface area contributed by atoms with Gasteiger partial charge in [0.1, 0.15) is 5.82 Å². The first-order valence-corrected chi connectivity index (χ1v) is 9.24. The van der Waals surface area contributed by atoms with Gasteiger partial charge in [0.2, 0.25) is 5.91 Å². The fraction of sp³-hybridized carbons (Fsp3) is 0.450. The van der Waals surface area contributed by atoms with Crippen molar-refractivity contribution in [1.82, 2.24) is 20.2 Å². The summed E-state index contributed by atoms with van der Waals surface area (Å²) >= 11 is 0. The highest BCUT2D eigenvalue weighted by atomic mass is 16.2. The average Bonchev–Trinajstić information content (AvgIpc) is 3.23. The molecule has 0 radical (unpaired) electrons. The molecule has 6 heteroatoms. The summed E-state index contributed by atoms with van der Waals surface area (Å²) in [6, 6.07) is 7.87. The van der Waals surface area contributed by atoms with E-state index in [9.17, 15) is 9.59 Å². The lowest BCUT2D eigenvalue weighted by atomic mass is 10.2. The van der Waals surface area contributed by atoms with Crippen molar-refractivity contribution in [3.63, 3.8) is 0 Å². The Morgan fingerprint density at radius 2 is 2.00 bits per heavy atom. The molecule has 1 fully saturated rings. The summed E-state index contributed by atoms with van der Waals surface area (Å²) in [5.41, 5.74) is 2.41. The highest BCUT2D eigenvalue weighted by Gasteiger charge is 2.19. The lowest BCUT2D eigenvalue weighted by Gasteiger charge is -2.12. The Bertz CT molecular complexity index is 777. The standard InChI is InChI=1S/C20H26N4O2/c1-14-13-17(15(2)24(14)18-9-5-6-11-21-18)20(26)22-12-10-19(25)23-16-7-3-4-8-16/h5-6,9,11,13,16H,3-4,7-8,10,12H2,1-2H3,(H,22,26)(H,23,25). The predicted octanol–water partition coefficient (Wildman–Crippen LogP) is 2.67. The van der Waals surface area contributed by atoms with Gasteiger partial charge in [-0.2, -0.15) is 0 Å². The number of rotatable bonds is 6. The first-order chi connectivity index (χ1) is 12.6. The summed E-state index contributed by atoms with van der Waals surface area (Å²) < 4.78 is 1.96. The number of aromatic nitrogens is 2. The van der Waals surface area contributed by atoms with Gasteiger partial charge in [0.25, 0.3) is 5.91 Å². The van der Waals surface area contributed by atoms with Crippen LogP contribution >= 0.6 is 0 Å². The Labute approximate surface area is 154 Å². The van der Waals surface area contributed by atoms with Crippen LogP contribution in [-0.2, 0) is 4.79 Å². The molecule has 138 valence electrons. The van der Waals surface area contributed by atoms with Gasteiger partial charge in [-0.05, 0) is 44.9 Å². The van der Waals surface area contributed by atoms with Gasteiger partial charge in [-0.25, -0.2) is 4.98 Å². The Morgan fingerprint density at radius 1 is 1.23 bits per heavy atom. The summed E-state index contributed by atoms with van der Waals surface area (Å²) in [6.45, 7) is 4.20. The van der Waals surface area contributed by atoms with Gasteiger partial charge >= 0.3 is 0 Å². The predicted molar refractivity (Wildman–Crippen MR) is 100 cm³/mol. The minimum absolute atomic E-state index is 0.0103. The number of carbonyl (C=O) groups excluding carboxylic acids is 2. The van der Waals surface area contributed by atoms with Crippen LogP contribution < -0.4 is 10.6 Å². The molecule has 2 aromatic heterocycles. The smallest absolute Gasteiger partial charge is 0.253 e. The number of nitrogens with zero attached hydrogens (tertiary/aromatic N) is 2. The number of pyridine rings is 1. The van der Waals surface area contributed by atoms with Gasteiger partial charge in [0, 0.05) is 36.6 Å². The third-order valence-electron chi connectivity index (χ3n) is 4.91. The van der Waals surface area contributed by atoms with Crippen LogP contribution in [0, 0.1) is 13.8 Å². The first kappa shape index (κ1) is 18.2. The molecule has 1 aliphatic rings. The Hall–Kier alpha value is -2.63. The quantitative estimate of drug-likeness (QED) is 0.837. The second-order valence-electron chi connectivity index (χ2n) is 6.86. The third-order valence-corrected chi connectivity index (χ3v) is 4.91. The van der Waals surface area contributed by atoms with Gasteiger partial charge in [0.15, 0.2) is 0 Å². The van der Waals surface area contributed by atoms with Crippen molar-refractivity contribution in [2.45, 2.75) is 52.0 Å². The second kappa shape index (κ2) is 8.17. The fourth-order valence-electron chi connectivity index (χ4n) is 3.59. The molecule has 3 rings (SSSR count). The minimum atomic E-state index is -0.158. The highest BCUT2D eigenvalue weighted by Crippen LogP contribution is 2.19. The van der Waals surface area contributed by atoms with Crippen molar-refractivity contribution in [1.29, 1.82) is 0 Å². The largest absolute Gasteiger partial charge is 0.353 e. The van der Waals surface area contributed by atoms with E-state index in [1.807, 2.05) is 42.7 Å². The summed E-state index contributed by atoms with van der Waals surface area (Å²) in [6.07, 6.45) is 6.55. The molecule has 2 amide bonds. The molecular weight excluding hydrogens is 328 g/mol. The highest BCUT2D eigenvalue weighted by molar-refractivity contribution is 5.96. The summed E-state index contributed by atoms with van der Waals surface area (Å²) in [4.78, 5) is 28.8. The van der Waals surface area contributed by atoms with Crippen LogP contribution in [0.2, 0.25) is 0 Å². The van der Waals surface area contributed by atoms with E-state index in [4.69, 9.17) is 0 Å². The van der Waals surface area contributed by atoms with Crippen molar-refractivity contribution >= 4 is 11.8 Å². The van der Waals surface area contributed by atoms with E-state index < -0.39 is 0 Å². The van der Waals surface area contributed by atoms with Crippen molar-refractivity contribution in [3.05, 3.63) is 47.4 Å². The molecule has 0 bridgehead atoms. The molecule has 2 heterocycles. The molecule has 0 spiro atoms. The fourth-order valence-corrected chi connectivity index (χ4v) is 3.59.